The zero-order valence-electron chi connectivity index (χ0n) is 19.9. The van der Waals surface area contributed by atoms with Crippen LogP contribution in [0.2, 0.25) is 0 Å². The minimum Gasteiger partial charge on any atom is -0.497 e. The molecule has 2 amide bonds. The summed E-state index contributed by atoms with van der Waals surface area (Å²) in [5.41, 5.74) is 1.89. The van der Waals surface area contributed by atoms with Crippen molar-refractivity contribution in [2.75, 3.05) is 77.9 Å². The molecule has 0 saturated carbocycles. The number of likely N-dealkylation sites (N-methyl/N-ethyl adjacent to an activating group) is 1. The van der Waals surface area contributed by atoms with E-state index in [0.29, 0.717) is 44.0 Å². The van der Waals surface area contributed by atoms with Crippen LogP contribution in [0.1, 0.15) is 0 Å². The Bertz CT molecular complexity index is 1130. The van der Waals surface area contributed by atoms with Gasteiger partial charge in [0.1, 0.15) is 23.6 Å². The Morgan fingerprint density at radius 1 is 1.09 bits per heavy atom. The molecule has 1 aliphatic heterocycles. The Kier molecular flexibility index (Phi) is 7.21. The van der Waals surface area contributed by atoms with Crippen LogP contribution < -0.4 is 24.4 Å². The number of hydrogen-bond acceptors (Lipinski definition) is 9. The zero-order chi connectivity index (χ0) is 24.1. The van der Waals surface area contributed by atoms with E-state index in [1.54, 1.807) is 18.1 Å². The number of hydrogen-bond donors (Lipinski definition) is 1. The summed E-state index contributed by atoms with van der Waals surface area (Å²) in [6, 6.07) is 7.30. The number of aromatic nitrogens is 2. The highest BCUT2D eigenvalue weighted by Gasteiger charge is 2.24. The van der Waals surface area contributed by atoms with Crippen molar-refractivity contribution in [3.63, 3.8) is 0 Å². The van der Waals surface area contributed by atoms with Gasteiger partial charge in [0, 0.05) is 62.7 Å². The van der Waals surface area contributed by atoms with Gasteiger partial charge in [0.05, 0.1) is 20.5 Å². The molecule has 3 heterocycles. The van der Waals surface area contributed by atoms with Crippen LogP contribution in [-0.4, -0.2) is 93.4 Å². The fourth-order valence-corrected chi connectivity index (χ4v) is 3.64. The van der Waals surface area contributed by atoms with E-state index in [9.17, 15) is 4.79 Å². The lowest BCUT2D eigenvalue weighted by atomic mass is 10.2. The van der Waals surface area contributed by atoms with E-state index >= 15 is 0 Å². The minimum absolute atomic E-state index is 0.201. The molecule has 11 heteroatoms. The lowest BCUT2D eigenvalue weighted by Crippen LogP contribution is -2.50. The standard InChI is InChI=1S/C23H30N6O5/c1-27(2)10-12-33-18-14-16(13-17(15-18)31-3)28-6-8-29(9-7-28)23(30)25-20-22(32-4)26-21-19(24-20)5-11-34-21/h5,11,13-15H,6-10,12H2,1-4H3,(H,24,25,30). The van der Waals surface area contributed by atoms with Crippen molar-refractivity contribution in [2.24, 2.45) is 0 Å². The van der Waals surface area contributed by atoms with Crippen LogP contribution in [0.4, 0.5) is 16.3 Å². The van der Waals surface area contributed by atoms with E-state index in [4.69, 9.17) is 18.6 Å². The third-order valence-electron chi connectivity index (χ3n) is 5.52. The van der Waals surface area contributed by atoms with Gasteiger partial charge in [0.2, 0.25) is 5.71 Å². The van der Waals surface area contributed by atoms with Crippen molar-refractivity contribution in [3.8, 4) is 17.4 Å². The van der Waals surface area contributed by atoms with Crippen molar-refractivity contribution < 1.29 is 23.4 Å². The normalized spacial score (nSPS) is 13.9. The number of rotatable bonds is 8. The molecule has 4 rings (SSSR count). The van der Waals surface area contributed by atoms with Crippen LogP contribution in [-0.2, 0) is 0 Å². The summed E-state index contributed by atoms with van der Waals surface area (Å²) in [7, 11) is 7.13. The average molecular weight is 471 g/mol. The summed E-state index contributed by atoms with van der Waals surface area (Å²) in [5.74, 6) is 1.96. The number of benzene rings is 1. The molecule has 1 aliphatic rings. The lowest BCUT2D eigenvalue weighted by molar-refractivity contribution is 0.208. The molecule has 1 fully saturated rings. The van der Waals surface area contributed by atoms with E-state index in [1.807, 2.05) is 32.3 Å². The van der Waals surface area contributed by atoms with Gasteiger partial charge in [-0.2, -0.15) is 4.98 Å². The van der Waals surface area contributed by atoms with E-state index in [-0.39, 0.29) is 17.7 Å². The Morgan fingerprint density at radius 3 is 2.56 bits per heavy atom. The van der Waals surface area contributed by atoms with Crippen molar-refractivity contribution in [3.05, 3.63) is 30.5 Å². The first-order chi connectivity index (χ1) is 16.5. The third kappa shape index (κ3) is 5.42. The van der Waals surface area contributed by atoms with Crippen molar-refractivity contribution in [1.29, 1.82) is 0 Å². The number of anilines is 2. The quantitative estimate of drug-likeness (QED) is 0.532. The van der Waals surface area contributed by atoms with Gasteiger partial charge in [0.15, 0.2) is 5.82 Å². The summed E-state index contributed by atoms with van der Waals surface area (Å²) in [6.07, 6.45) is 1.49. The van der Waals surface area contributed by atoms with E-state index in [2.05, 4.69) is 25.1 Å². The fraction of sp³-hybridized carbons (Fsp3) is 0.435. The number of carbonyl (C=O) groups excluding carboxylic acids is 1. The van der Waals surface area contributed by atoms with Gasteiger partial charge in [0.25, 0.3) is 5.88 Å². The first-order valence-electron chi connectivity index (χ1n) is 11.0. The second kappa shape index (κ2) is 10.5. The van der Waals surface area contributed by atoms with Crippen LogP contribution >= 0.6 is 0 Å². The number of carbonyl (C=O) groups is 1. The first kappa shape index (κ1) is 23.4. The molecule has 1 aromatic carbocycles. The van der Waals surface area contributed by atoms with Gasteiger partial charge >= 0.3 is 6.03 Å². The van der Waals surface area contributed by atoms with Crippen LogP contribution in [0.3, 0.4) is 0 Å². The van der Waals surface area contributed by atoms with Crippen LogP contribution in [0.25, 0.3) is 11.2 Å². The molecule has 182 valence electrons. The number of fused-ring (bicyclic) bond motifs is 1. The van der Waals surface area contributed by atoms with Gasteiger partial charge < -0.3 is 33.3 Å². The highest BCUT2D eigenvalue weighted by molar-refractivity contribution is 5.90. The van der Waals surface area contributed by atoms with Crippen molar-refractivity contribution in [2.45, 2.75) is 0 Å². The highest BCUT2D eigenvalue weighted by atomic mass is 16.5. The summed E-state index contributed by atoms with van der Waals surface area (Å²) >= 11 is 0. The number of urea groups is 1. The molecule has 0 spiro atoms. The molecule has 2 aromatic heterocycles. The monoisotopic (exact) mass is 470 g/mol. The predicted molar refractivity (Wildman–Crippen MR) is 128 cm³/mol. The summed E-state index contributed by atoms with van der Waals surface area (Å²) in [4.78, 5) is 27.5. The molecule has 34 heavy (non-hydrogen) atoms. The number of amides is 2. The van der Waals surface area contributed by atoms with Gasteiger partial charge in [-0.05, 0) is 14.1 Å². The summed E-state index contributed by atoms with van der Waals surface area (Å²) in [6.45, 7) is 3.84. The third-order valence-corrected chi connectivity index (χ3v) is 5.52. The molecule has 0 bridgehead atoms. The number of ether oxygens (including phenoxy) is 3. The van der Waals surface area contributed by atoms with Crippen LogP contribution in [0, 0.1) is 0 Å². The molecule has 0 aliphatic carbocycles. The summed E-state index contributed by atoms with van der Waals surface area (Å²) in [5, 5.41) is 2.81. The van der Waals surface area contributed by atoms with Crippen molar-refractivity contribution >= 4 is 28.8 Å². The highest BCUT2D eigenvalue weighted by Crippen LogP contribution is 2.30. The number of piperazine rings is 1. The predicted octanol–water partition coefficient (Wildman–Crippen LogP) is 2.53. The topological polar surface area (TPSA) is 105 Å². The molecule has 3 aromatic rings. The van der Waals surface area contributed by atoms with Gasteiger partial charge in [-0.25, -0.2) is 9.78 Å². The minimum atomic E-state index is -0.256. The molecule has 11 nitrogen and oxygen atoms in total. The molecule has 0 unspecified atom stereocenters. The van der Waals surface area contributed by atoms with Gasteiger partial charge in [-0.3, -0.25) is 5.32 Å². The second-order valence-electron chi connectivity index (χ2n) is 8.12. The molecule has 0 atom stereocenters. The van der Waals surface area contributed by atoms with Crippen molar-refractivity contribution in [1.82, 2.24) is 19.8 Å². The second-order valence-corrected chi connectivity index (χ2v) is 8.12. The largest absolute Gasteiger partial charge is 0.497 e. The maximum atomic E-state index is 12.9. The lowest BCUT2D eigenvalue weighted by Gasteiger charge is -2.36. The Morgan fingerprint density at radius 2 is 1.85 bits per heavy atom. The first-order valence-corrected chi connectivity index (χ1v) is 11.0. The fourth-order valence-electron chi connectivity index (χ4n) is 3.64. The van der Waals surface area contributed by atoms with E-state index in [0.717, 1.165) is 23.7 Å². The van der Waals surface area contributed by atoms with Crippen LogP contribution in [0.5, 0.6) is 17.4 Å². The smallest absolute Gasteiger partial charge is 0.323 e. The maximum Gasteiger partial charge on any atom is 0.323 e. The molecular formula is C23H30N6O5. The number of methoxy groups -OCH3 is 2. The van der Waals surface area contributed by atoms with Crippen LogP contribution in [0.15, 0.2) is 34.9 Å². The maximum absolute atomic E-state index is 12.9. The number of nitrogens with zero attached hydrogens (tertiary/aromatic N) is 5. The van der Waals surface area contributed by atoms with Gasteiger partial charge in [-0.1, -0.05) is 0 Å². The van der Waals surface area contributed by atoms with Gasteiger partial charge in [-0.15, -0.1) is 0 Å². The molecule has 1 N–H and O–H groups in total. The Labute approximate surface area is 198 Å². The SMILES string of the molecule is COc1cc(OCCN(C)C)cc(N2CCN(C(=O)Nc3nc4ccoc4nc3OC)CC2)c1. The zero-order valence-corrected chi connectivity index (χ0v) is 19.9. The average Bonchev–Trinajstić information content (AvgIpc) is 3.30. The molecule has 0 radical (unpaired) electrons. The Hall–Kier alpha value is -3.73. The Balaban J connectivity index is 1.39. The van der Waals surface area contributed by atoms with E-state index < -0.39 is 0 Å². The number of furan rings is 1. The summed E-state index contributed by atoms with van der Waals surface area (Å²) < 4.78 is 21.9. The molecular weight excluding hydrogens is 440 g/mol. The molecule has 1 saturated heterocycles. The number of nitrogens with one attached hydrogen (secondary N) is 1. The van der Waals surface area contributed by atoms with E-state index in [1.165, 1.54) is 13.4 Å².